The molecule has 0 spiro atoms. The van der Waals surface area contributed by atoms with Crippen molar-refractivity contribution in [3.8, 4) is 0 Å². The van der Waals surface area contributed by atoms with Crippen molar-refractivity contribution in [2.24, 2.45) is 11.1 Å². The van der Waals surface area contributed by atoms with Gasteiger partial charge in [-0.1, -0.05) is 32.4 Å². The standard InChI is InChI=1S/C15H30N2O/c1-5-18-14(12-16)8-11-17-9-6-13(7-10-17)15(2,3)4/h6,14H,5,7-12,16H2,1-4H3. The molecule has 0 aromatic heterocycles. The van der Waals surface area contributed by atoms with Crippen molar-refractivity contribution in [2.45, 2.75) is 46.6 Å². The van der Waals surface area contributed by atoms with E-state index in [2.05, 4.69) is 31.7 Å². The molecule has 0 aromatic carbocycles. The third-order valence-electron chi connectivity index (χ3n) is 3.69. The SMILES string of the molecule is CCOC(CN)CCN1CC=C(C(C)(C)C)CC1. The Morgan fingerprint density at radius 2 is 2.17 bits per heavy atom. The predicted molar refractivity (Wildman–Crippen MR) is 77.7 cm³/mol. The summed E-state index contributed by atoms with van der Waals surface area (Å²) in [6.45, 7) is 13.7. The maximum Gasteiger partial charge on any atom is 0.0709 e. The smallest absolute Gasteiger partial charge is 0.0709 e. The van der Waals surface area contributed by atoms with E-state index in [0.717, 1.165) is 26.1 Å². The van der Waals surface area contributed by atoms with E-state index >= 15 is 0 Å². The summed E-state index contributed by atoms with van der Waals surface area (Å²) in [6.07, 6.45) is 4.87. The molecule has 1 aliphatic rings. The Hall–Kier alpha value is -0.380. The first kappa shape index (κ1) is 15.7. The van der Waals surface area contributed by atoms with Crippen molar-refractivity contribution in [3.63, 3.8) is 0 Å². The zero-order valence-electron chi connectivity index (χ0n) is 12.5. The number of nitrogens with two attached hydrogens (primary N) is 1. The van der Waals surface area contributed by atoms with Gasteiger partial charge in [-0.05, 0) is 25.2 Å². The fraction of sp³-hybridized carbons (Fsp3) is 0.867. The third-order valence-corrected chi connectivity index (χ3v) is 3.69. The average molecular weight is 254 g/mol. The monoisotopic (exact) mass is 254 g/mol. The van der Waals surface area contributed by atoms with Crippen LogP contribution < -0.4 is 5.73 Å². The minimum Gasteiger partial charge on any atom is -0.377 e. The minimum atomic E-state index is 0.225. The van der Waals surface area contributed by atoms with E-state index in [9.17, 15) is 0 Å². The van der Waals surface area contributed by atoms with Crippen LogP contribution in [-0.2, 0) is 4.74 Å². The second-order valence-electron chi connectivity index (χ2n) is 6.13. The van der Waals surface area contributed by atoms with Gasteiger partial charge < -0.3 is 10.5 Å². The molecule has 18 heavy (non-hydrogen) atoms. The van der Waals surface area contributed by atoms with Gasteiger partial charge in [0.15, 0.2) is 0 Å². The Bertz CT molecular complexity index is 268. The summed E-state index contributed by atoms with van der Waals surface area (Å²) in [7, 11) is 0. The van der Waals surface area contributed by atoms with Crippen molar-refractivity contribution >= 4 is 0 Å². The maximum absolute atomic E-state index is 5.70. The molecule has 0 saturated heterocycles. The molecule has 0 aliphatic carbocycles. The first-order valence-electron chi connectivity index (χ1n) is 7.21. The fourth-order valence-electron chi connectivity index (χ4n) is 2.43. The summed E-state index contributed by atoms with van der Waals surface area (Å²) in [6, 6.07) is 0. The summed E-state index contributed by atoms with van der Waals surface area (Å²) in [5, 5.41) is 0. The van der Waals surface area contributed by atoms with Crippen molar-refractivity contribution < 1.29 is 4.74 Å². The van der Waals surface area contributed by atoms with Gasteiger partial charge in [0, 0.05) is 32.8 Å². The second kappa shape index (κ2) is 7.27. The average Bonchev–Trinajstić information content (AvgIpc) is 2.34. The highest BCUT2D eigenvalue weighted by molar-refractivity contribution is 5.14. The van der Waals surface area contributed by atoms with Crippen molar-refractivity contribution in [2.75, 3.05) is 32.8 Å². The number of ether oxygens (including phenoxy) is 1. The Morgan fingerprint density at radius 1 is 1.44 bits per heavy atom. The molecule has 3 heteroatoms. The molecular formula is C15H30N2O. The lowest BCUT2D eigenvalue weighted by atomic mass is 9.83. The molecular weight excluding hydrogens is 224 g/mol. The van der Waals surface area contributed by atoms with Gasteiger partial charge >= 0.3 is 0 Å². The van der Waals surface area contributed by atoms with Crippen LogP contribution in [0.2, 0.25) is 0 Å². The zero-order chi connectivity index (χ0) is 13.6. The fourth-order valence-corrected chi connectivity index (χ4v) is 2.43. The van der Waals surface area contributed by atoms with Gasteiger partial charge in [-0.25, -0.2) is 0 Å². The summed E-state index contributed by atoms with van der Waals surface area (Å²) in [5.74, 6) is 0. The molecule has 0 bridgehead atoms. The Morgan fingerprint density at radius 3 is 2.61 bits per heavy atom. The molecule has 1 atom stereocenters. The van der Waals surface area contributed by atoms with Crippen LogP contribution in [0.5, 0.6) is 0 Å². The molecule has 0 amide bonds. The van der Waals surface area contributed by atoms with E-state index in [-0.39, 0.29) is 6.10 Å². The van der Waals surface area contributed by atoms with E-state index in [4.69, 9.17) is 10.5 Å². The number of nitrogens with zero attached hydrogens (tertiary/aromatic N) is 1. The quantitative estimate of drug-likeness (QED) is 0.740. The third kappa shape index (κ3) is 5.09. The van der Waals surface area contributed by atoms with E-state index in [1.165, 1.54) is 13.0 Å². The molecule has 3 nitrogen and oxygen atoms in total. The van der Waals surface area contributed by atoms with Crippen LogP contribution in [0.3, 0.4) is 0 Å². The molecule has 0 aromatic rings. The lowest BCUT2D eigenvalue weighted by Crippen LogP contribution is -2.35. The number of rotatable bonds is 6. The summed E-state index contributed by atoms with van der Waals surface area (Å²) in [5.41, 5.74) is 7.62. The summed E-state index contributed by atoms with van der Waals surface area (Å²) >= 11 is 0. The molecule has 1 aliphatic heterocycles. The summed E-state index contributed by atoms with van der Waals surface area (Å²) in [4.78, 5) is 2.50. The first-order valence-corrected chi connectivity index (χ1v) is 7.21. The second-order valence-corrected chi connectivity index (χ2v) is 6.13. The van der Waals surface area contributed by atoms with Crippen LogP contribution in [0.25, 0.3) is 0 Å². The predicted octanol–water partition coefficient (Wildman–Crippen LogP) is 2.42. The molecule has 0 saturated carbocycles. The zero-order valence-corrected chi connectivity index (χ0v) is 12.5. The molecule has 106 valence electrons. The highest BCUT2D eigenvalue weighted by Crippen LogP contribution is 2.30. The van der Waals surface area contributed by atoms with Crippen LogP contribution in [0.15, 0.2) is 11.6 Å². The molecule has 2 N–H and O–H groups in total. The van der Waals surface area contributed by atoms with Gasteiger partial charge in [-0.3, -0.25) is 4.90 Å². The van der Waals surface area contributed by atoms with Crippen molar-refractivity contribution in [1.82, 2.24) is 4.90 Å². The number of hydrogen-bond donors (Lipinski definition) is 1. The molecule has 1 heterocycles. The van der Waals surface area contributed by atoms with Gasteiger partial charge in [-0.15, -0.1) is 0 Å². The largest absolute Gasteiger partial charge is 0.377 e. The van der Waals surface area contributed by atoms with Gasteiger partial charge in [-0.2, -0.15) is 0 Å². The van der Waals surface area contributed by atoms with Crippen LogP contribution in [0.4, 0.5) is 0 Å². The minimum absolute atomic E-state index is 0.225. The lowest BCUT2D eigenvalue weighted by molar-refractivity contribution is 0.0548. The Kier molecular flexibility index (Phi) is 6.33. The lowest BCUT2D eigenvalue weighted by Gasteiger charge is -2.32. The van der Waals surface area contributed by atoms with Gasteiger partial charge in [0.05, 0.1) is 6.10 Å². The Labute approximate surface area is 112 Å². The van der Waals surface area contributed by atoms with E-state index in [1.807, 2.05) is 6.92 Å². The van der Waals surface area contributed by atoms with Crippen molar-refractivity contribution in [3.05, 3.63) is 11.6 Å². The number of hydrogen-bond acceptors (Lipinski definition) is 3. The van der Waals surface area contributed by atoms with Crippen molar-refractivity contribution in [1.29, 1.82) is 0 Å². The summed E-state index contributed by atoms with van der Waals surface area (Å²) < 4.78 is 5.59. The van der Waals surface area contributed by atoms with Gasteiger partial charge in [0.1, 0.15) is 0 Å². The molecule has 0 fully saturated rings. The highest BCUT2D eigenvalue weighted by Gasteiger charge is 2.21. The van der Waals surface area contributed by atoms with E-state index in [1.54, 1.807) is 5.57 Å². The Balaban J connectivity index is 2.33. The van der Waals surface area contributed by atoms with Crippen LogP contribution >= 0.6 is 0 Å². The van der Waals surface area contributed by atoms with Crippen LogP contribution in [-0.4, -0.2) is 43.8 Å². The van der Waals surface area contributed by atoms with Crippen LogP contribution in [0, 0.1) is 5.41 Å². The molecule has 1 unspecified atom stereocenters. The first-order chi connectivity index (χ1) is 8.47. The maximum atomic E-state index is 5.70. The van der Waals surface area contributed by atoms with Crippen LogP contribution in [0.1, 0.15) is 40.5 Å². The van der Waals surface area contributed by atoms with E-state index < -0.39 is 0 Å². The van der Waals surface area contributed by atoms with Gasteiger partial charge in [0.2, 0.25) is 0 Å². The topological polar surface area (TPSA) is 38.5 Å². The molecule has 1 rings (SSSR count). The van der Waals surface area contributed by atoms with Gasteiger partial charge in [0.25, 0.3) is 0 Å². The normalized spacial score (nSPS) is 19.7. The van der Waals surface area contributed by atoms with E-state index in [0.29, 0.717) is 12.0 Å². The highest BCUT2D eigenvalue weighted by atomic mass is 16.5. The molecule has 0 radical (unpaired) electrons.